The molecule has 2 aromatic rings. The van der Waals surface area contributed by atoms with Crippen LogP contribution in [0.3, 0.4) is 0 Å². The van der Waals surface area contributed by atoms with E-state index < -0.39 is 5.82 Å². The van der Waals surface area contributed by atoms with Gasteiger partial charge in [-0.05, 0) is 25.1 Å². The Labute approximate surface area is 139 Å². The van der Waals surface area contributed by atoms with Crippen molar-refractivity contribution < 1.29 is 18.5 Å². The summed E-state index contributed by atoms with van der Waals surface area (Å²) in [7, 11) is 0. The van der Waals surface area contributed by atoms with Crippen LogP contribution in [0.1, 0.15) is 16.2 Å². The Hall–Kier alpha value is -2.22. The van der Waals surface area contributed by atoms with Gasteiger partial charge in [0.25, 0.3) is 5.91 Å². The number of hydrogen-bond acceptors (Lipinski definition) is 4. The fraction of sp³-hybridized carbons (Fsp3) is 0.267. The maximum atomic E-state index is 13.7. The standard InChI is InChI=1S/C15H13BrFN3O3/c1-8-4-13(19-23-8)15(22)20-6-9(7-20)14(21)18-12-3-2-10(16)5-11(12)17/h2-5,9H,6-7H2,1H3,(H,18,21). The number of anilines is 1. The molecule has 1 aromatic carbocycles. The van der Waals surface area contributed by atoms with E-state index in [1.165, 1.54) is 17.0 Å². The van der Waals surface area contributed by atoms with Gasteiger partial charge in [0.1, 0.15) is 11.6 Å². The summed E-state index contributed by atoms with van der Waals surface area (Å²) in [5.41, 5.74) is 0.343. The SMILES string of the molecule is Cc1cc(C(=O)N2CC(C(=O)Nc3ccc(Br)cc3F)C2)no1. The first-order chi connectivity index (χ1) is 10.9. The van der Waals surface area contributed by atoms with Gasteiger partial charge >= 0.3 is 0 Å². The number of amides is 2. The quantitative estimate of drug-likeness (QED) is 0.886. The lowest BCUT2D eigenvalue weighted by Gasteiger charge is -2.37. The minimum absolute atomic E-state index is 0.120. The Kier molecular flexibility index (Phi) is 4.16. The lowest BCUT2D eigenvalue weighted by molar-refractivity contribution is -0.123. The molecule has 23 heavy (non-hydrogen) atoms. The van der Waals surface area contributed by atoms with Crippen LogP contribution in [0.25, 0.3) is 0 Å². The first kappa shape index (κ1) is 15.7. The summed E-state index contributed by atoms with van der Waals surface area (Å²) >= 11 is 3.15. The molecule has 8 heteroatoms. The molecule has 1 N–H and O–H groups in total. The highest BCUT2D eigenvalue weighted by Gasteiger charge is 2.37. The molecule has 0 spiro atoms. The van der Waals surface area contributed by atoms with Gasteiger partial charge in [-0.25, -0.2) is 4.39 Å². The van der Waals surface area contributed by atoms with Crippen LogP contribution < -0.4 is 5.32 Å². The zero-order chi connectivity index (χ0) is 16.6. The van der Waals surface area contributed by atoms with Crippen molar-refractivity contribution >= 4 is 33.4 Å². The van der Waals surface area contributed by atoms with Crippen LogP contribution in [0, 0.1) is 18.7 Å². The monoisotopic (exact) mass is 381 g/mol. The molecule has 1 aliphatic rings. The summed E-state index contributed by atoms with van der Waals surface area (Å²) in [6.07, 6.45) is 0. The molecule has 1 aromatic heterocycles. The summed E-state index contributed by atoms with van der Waals surface area (Å²) in [5.74, 6) is -0.922. The van der Waals surface area contributed by atoms with E-state index in [-0.39, 0.29) is 42.2 Å². The predicted octanol–water partition coefficient (Wildman–Crippen LogP) is 2.60. The lowest BCUT2D eigenvalue weighted by Crippen LogP contribution is -2.54. The second kappa shape index (κ2) is 6.11. The number of aromatic nitrogens is 1. The molecular formula is C15H13BrFN3O3. The number of halogens is 2. The minimum Gasteiger partial charge on any atom is -0.361 e. The lowest BCUT2D eigenvalue weighted by atomic mass is 9.98. The molecule has 0 bridgehead atoms. The van der Waals surface area contributed by atoms with Crippen molar-refractivity contribution in [2.45, 2.75) is 6.92 Å². The van der Waals surface area contributed by atoms with Gasteiger partial charge in [0.2, 0.25) is 5.91 Å². The number of nitrogens with one attached hydrogen (secondary N) is 1. The van der Waals surface area contributed by atoms with E-state index in [4.69, 9.17) is 4.52 Å². The Bertz CT molecular complexity index is 771. The number of carbonyl (C=O) groups excluding carboxylic acids is 2. The molecule has 0 saturated carbocycles. The number of likely N-dealkylation sites (tertiary alicyclic amines) is 1. The molecular weight excluding hydrogens is 369 g/mol. The molecule has 1 saturated heterocycles. The minimum atomic E-state index is -0.516. The molecule has 2 heterocycles. The van der Waals surface area contributed by atoms with Crippen LogP contribution in [0.5, 0.6) is 0 Å². The van der Waals surface area contributed by atoms with Crippen molar-refractivity contribution in [2.75, 3.05) is 18.4 Å². The van der Waals surface area contributed by atoms with Gasteiger partial charge in [-0.3, -0.25) is 9.59 Å². The predicted molar refractivity (Wildman–Crippen MR) is 83.4 cm³/mol. The van der Waals surface area contributed by atoms with Crippen molar-refractivity contribution in [2.24, 2.45) is 5.92 Å². The largest absolute Gasteiger partial charge is 0.361 e. The number of rotatable bonds is 3. The second-order valence-electron chi connectivity index (χ2n) is 5.34. The van der Waals surface area contributed by atoms with Crippen LogP contribution in [0.15, 0.2) is 33.3 Å². The van der Waals surface area contributed by atoms with Crippen molar-refractivity contribution in [1.82, 2.24) is 10.1 Å². The van der Waals surface area contributed by atoms with Crippen LogP contribution in [0.4, 0.5) is 10.1 Å². The van der Waals surface area contributed by atoms with Crippen molar-refractivity contribution in [3.63, 3.8) is 0 Å². The van der Waals surface area contributed by atoms with Crippen LogP contribution >= 0.6 is 15.9 Å². The van der Waals surface area contributed by atoms with Crippen LogP contribution in [-0.2, 0) is 4.79 Å². The maximum absolute atomic E-state index is 13.7. The zero-order valence-corrected chi connectivity index (χ0v) is 13.8. The van der Waals surface area contributed by atoms with E-state index in [0.717, 1.165) is 0 Å². The average Bonchev–Trinajstić information content (AvgIpc) is 2.87. The van der Waals surface area contributed by atoms with Crippen molar-refractivity contribution in [1.29, 1.82) is 0 Å². The van der Waals surface area contributed by atoms with Gasteiger partial charge < -0.3 is 14.7 Å². The highest BCUT2D eigenvalue weighted by molar-refractivity contribution is 9.10. The first-order valence-corrected chi connectivity index (χ1v) is 7.72. The van der Waals surface area contributed by atoms with Gasteiger partial charge in [0.15, 0.2) is 5.69 Å². The molecule has 2 amide bonds. The molecule has 0 aliphatic carbocycles. The normalized spacial score (nSPS) is 14.5. The Balaban J connectivity index is 1.56. The Morgan fingerprint density at radius 2 is 2.13 bits per heavy atom. The highest BCUT2D eigenvalue weighted by Crippen LogP contribution is 2.23. The topological polar surface area (TPSA) is 75.4 Å². The summed E-state index contributed by atoms with van der Waals surface area (Å²) in [6, 6.07) is 5.95. The molecule has 1 aliphatic heterocycles. The zero-order valence-electron chi connectivity index (χ0n) is 12.2. The third-order valence-electron chi connectivity index (χ3n) is 3.58. The molecule has 0 unspecified atom stereocenters. The number of carbonyl (C=O) groups is 2. The molecule has 0 atom stereocenters. The van der Waals surface area contributed by atoms with Crippen LogP contribution in [0.2, 0.25) is 0 Å². The molecule has 1 fully saturated rings. The van der Waals surface area contributed by atoms with E-state index in [1.54, 1.807) is 19.1 Å². The van der Waals surface area contributed by atoms with Gasteiger partial charge in [-0.15, -0.1) is 0 Å². The Morgan fingerprint density at radius 1 is 1.39 bits per heavy atom. The summed E-state index contributed by atoms with van der Waals surface area (Å²) in [5, 5.41) is 6.19. The van der Waals surface area contributed by atoms with Crippen molar-refractivity contribution in [3.05, 3.63) is 46.0 Å². The summed E-state index contributed by atoms with van der Waals surface area (Å²) < 4.78 is 19.1. The second-order valence-corrected chi connectivity index (χ2v) is 6.26. The fourth-order valence-electron chi connectivity index (χ4n) is 2.27. The van der Waals surface area contributed by atoms with Gasteiger partial charge in [0.05, 0.1) is 11.6 Å². The third kappa shape index (κ3) is 3.26. The number of nitrogens with zero attached hydrogens (tertiary/aromatic N) is 2. The maximum Gasteiger partial charge on any atom is 0.276 e. The number of benzene rings is 1. The van der Waals surface area contributed by atoms with E-state index in [0.29, 0.717) is 10.2 Å². The van der Waals surface area contributed by atoms with Crippen LogP contribution in [-0.4, -0.2) is 35.0 Å². The Morgan fingerprint density at radius 3 is 2.74 bits per heavy atom. The van der Waals surface area contributed by atoms with Gasteiger partial charge in [-0.1, -0.05) is 21.1 Å². The van der Waals surface area contributed by atoms with Gasteiger partial charge in [-0.2, -0.15) is 0 Å². The molecule has 120 valence electrons. The number of hydrogen-bond donors (Lipinski definition) is 1. The van der Waals surface area contributed by atoms with Crippen molar-refractivity contribution in [3.8, 4) is 0 Å². The summed E-state index contributed by atoms with van der Waals surface area (Å²) in [6.45, 7) is 2.24. The summed E-state index contributed by atoms with van der Waals surface area (Å²) in [4.78, 5) is 25.6. The smallest absolute Gasteiger partial charge is 0.276 e. The average molecular weight is 382 g/mol. The highest BCUT2D eigenvalue weighted by atomic mass is 79.9. The van der Waals surface area contributed by atoms with E-state index >= 15 is 0 Å². The van der Waals surface area contributed by atoms with E-state index in [1.807, 2.05) is 0 Å². The van der Waals surface area contributed by atoms with E-state index in [9.17, 15) is 14.0 Å². The fourth-order valence-corrected chi connectivity index (χ4v) is 2.60. The molecule has 0 radical (unpaired) electrons. The third-order valence-corrected chi connectivity index (χ3v) is 4.07. The molecule has 6 nitrogen and oxygen atoms in total. The number of aryl methyl sites for hydroxylation is 1. The first-order valence-electron chi connectivity index (χ1n) is 6.92. The van der Waals surface area contributed by atoms with Gasteiger partial charge in [0, 0.05) is 23.6 Å². The molecule has 3 rings (SSSR count). The van der Waals surface area contributed by atoms with E-state index in [2.05, 4.69) is 26.4 Å².